The van der Waals surface area contributed by atoms with Crippen molar-refractivity contribution in [1.82, 2.24) is 0 Å². The Hall–Kier alpha value is 2.14. The first kappa shape index (κ1) is 118. The van der Waals surface area contributed by atoms with E-state index in [1.807, 2.05) is 63.6 Å². The molecule has 0 N–H and O–H groups in total. The van der Waals surface area contributed by atoms with Crippen LogP contribution in [0.25, 0.3) is 0 Å². The van der Waals surface area contributed by atoms with E-state index in [0.29, 0.717) is 12.2 Å². The van der Waals surface area contributed by atoms with Crippen molar-refractivity contribution in [2.45, 2.75) is 400 Å². The van der Waals surface area contributed by atoms with Crippen molar-refractivity contribution < 1.29 is 76.6 Å². The molecule has 0 aromatic rings. The van der Waals surface area contributed by atoms with Crippen molar-refractivity contribution in [3.8, 4) is 0 Å². The average Bonchev–Trinajstić information content (AvgIpc) is 0.801. The summed E-state index contributed by atoms with van der Waals surface area (Å²) in [5.41, 5.74) is 7.83. The van der Waals surface area contributed by atoms with Crippen LogP contribution in [0.4, 0.5) is 0 Å². The van der Waals surface area contributed by atoms with E-state index < -0.39 is 154 Å². The van der Waals surface area contributed by atoms with Gasteiger partial charge in [0.1, 0.15) is 0 Å². The molecular formula is C69H178O18Si18. The van der Waals surface area contributed by atoms with Gasteiger partial charge in [-0.25, -0.2) is 0 Å². The van der Waals surface area contributed by atoms with Gasteiger partial charge in [-0.3, -0.25) is 0 Å². The van der Waals surface area contributed by atoms with E-state index >= 15 is 0 Å². The Kier molecular flexibility index (Phi) is 57.7. The highest BCUT2D eigenvalue weighted by Gasteiger charge is 2.50. The zero-order valence-electron chi connectivity index (χ0n) is 78.2. The van der Waals surface area contributed by atoms with Gasteiger partial charge in [0.2, 0.25) is 16.6 Å². The first-order valence-corrected chi connectivity index (χ1v) is 89.4. The molecular weight excluding hydrogens is 1620 g/mol. The molecule has 5 unspecified atom stereocenters. The molecule has 5 atom stereocenters. The fourth-order valence-corrected chi connectivity index (χ4v) is 76.4. The van der Waals surface area contributed by atoms with Gasteiger partial charge in [-0.2, -0.15) is 0 Å². The molecule has 105 heavy (non-hydrogen) atoms. The Balaban J connectivity index is -0.000000311. The van der Waals surface area contributed by atoms with Crippen LogP contribution in [0, 0.1) is 0 Å². The first-order chi connectivity index (χ1) is 46.1. The summed E-state index contributed by atoms with van der Waals surface area (Å²) in [6.07, 6.45) is 1.71. The summed E-state index contributed by atoms with van der Waals surface area (Å²) in [4.78, 5) is 0. The van der Waals surface area contributed by atoms with E-state index in [-0.39, 0.29) is 36.6 Å². The molecule has 0 rings (SSSR count). The molecule has 0 aliphatic rings. The van der Waals surface area contributed by atoms with Gasteiger partial charge < -0.3 is 76.6 Å². The van der Waals surface area contributed by atoms with Gasteiger partial charge in [-0.1, -0.05) is 22.8 Å². The quantitative estimate of drug-likeness (QED) is 0.0528. The normalized spacial score (nSPS) is 15.7. The van der Waals surface area contributed by atoms with Crippen LogP contribution in [-0.4, -0.2) is 203 Å². The summed E-state index contributed by atoms with van der Waals surface area (Å²) in [6.45, 7) is 119. The van der Waals surface area contributed by atoms with Crippen LogP contribution in [0.1, 0.15) is 111 Å². The lowest BCUT2D eigenvalue weighted by Crippen LogP contribution is -2.60. The zero-order chi connectivity index (χ0) is 85.2. The largest absolute Gasteiger partial charge is 0.449 e. The lowest BCUT2D eigenvalue weighted by atomic mass is 10.5. The molecule has 0 fully saturated rings. The maximum Gasteiger partial charge on any atom is 0.326 e. The molecule has 0 saturated carbocycles. The van der Waals surface area contributed by atoms with Crippen LogP contribution in [0.5, 0.6) is 0 Å². The molecule has 36 heteroatoms. The van der Waals surface area contributed by atoms with Crippen LogP contribution < -0.4 is 0 Å². The van der Waals surface area contributed by atoms with Gasteiger partial charge in [0.05, 0.1) is 0 Å². The fourth-order valence-electron chi connectivity index (χ4n) is 11.4. The Bertz CT molecular complexity index is 2290. The summed E-state index contributed by atoms with van der Waals surface area (Å²) in [6, 6.07) is 3.75. The van der Waals surface area contributed by atoms with Crippen molar-refractivity contribution in [3.05, 3.63) is 49.1 Å². The molecule has 0 aliphatic carbocycles. The van der Waals surface area contributed by atoms with Gasteiger partial charge in [-0.15, -0.1) is 26.3 Å². The molecule has 0 heterocycles. The van der Waals surface area contributed by atoms with E-state index in [1.54, 1.807) is 0 Å². The second-order valence-electron chi connectivity index (χ2n) is 37.4. The Morgan fingerprint density at radius 1 is 0.238 bits per heavy atom. The molecule has 0 aromatic carbocycles. The molecule has 0 aliphatic heterocycles. The summed E-state index contributed by atoms with van der Waals surface area (Å²) in [7, 11) is -34.3. The molecule has 0 radical (unpaired) electrons. The Morgan fingerprint density at radius 3 is 0.810 bits per heavy atom. The van der Waals surface area contributed by atoms with Crippen LogP contribution in [0.15, 0.2) is 49.1 Å². The lowest BCUT2D eigenvalue weighted by Gasteiger charge is -2.44. The Labute approximate surface area is 674 Å². The third-order valence-corrected chi connectivity index (χ3v) is 70.1. The van der Waals surface area contributed by atoms with Gasteiger partial charge in [0.15, 0.2) is 49.9 Å². The molecule has 0 bridgehead atoms. The molecule has 0 amide bonds. The fraction of sp³-hybridized carbons (Fsp3) is 0.884. The first-order valence-electron chi connectivity index (χ1n) is 39.0. The lowest BCUT2D eigenvalue weighted by molar-refractivity contribution is 0.161. The summed E-state index contributed by atoms with van der Waals surface area (Å²) in [5.74, 6) is 0. The van der Waals surface area contributed by atoms with E-state index in [4.69, 9.17) is 76.6 Å². The average molecular weight is 1800 g/mol. The smallest absolute Gasteiger partial charge is 0.326 e. The molecule has 0 spiro atoms. The maximum atomic E-state index is 7.11. The predicted octanol–water partition coefficient (Wildman–Crippen LogP) is 22.5. The summed E-state index contributed by atoms with van der Waals surface area (Å²) in [5, 5.41) is 0. The minimum absolute atomic E-state index is 0.0907. The maximum absolute atomic E-state index is 7.11. The molecule has 18 nitrogen and oxygen atoms in total. The Morgan fingerprint density at radius 2 is 0.514 bits per heavy atom. The van der Waals surface area contributed by atoms with Crippen LogP contribution >= 0.6 is 0 Å². The second-order valence-corrected chi connectivity index (χ2v) is 102. The highest BCUT2D eigenvalue weighted by Crippen LogP contribution is 2.34. The third-order valence-electron chi connectivity index (χ3n) is 13.3. The summed E-state index contributed by atoms with van der Waals surface area (Å²) < 4.78 is 112. The van der Waals surface area contributed by atoms with Crippen molar-refractivity contribution in [1.29, 1.82) is 0 Å². The van der Waals surface area contributed by atoms with Gasteiger partial charge >= 0.3 is 78.5 Å². The number of hydrogen-bond donors (Lipinski definition) is 0. The van der Waals surface area contributed by atoms with Crippen molar-refractivity contribution in [3.63, 3.8) is 0 Å². The van der Waals surface area contributed by atoms with E-state index in [0.717, 1.165) is 24.2 Å². The second kappa shape index (κ2) is 51.4. The molecule has 634 valence electrons. The molecule has 0 saturated heterocycles. The topological polar surface area (TPSA) is 166 Å². The van der Waals surface area contributed by atoms with Crippen molar-refractivity contribution in [2.24, 2.45) is 0 Å². The van der Waals surface area contributed by atoms with Crippen LogP contribution in [-0.2, 0) is 76.6 Å². The third kappa shape index (κ3) is 77.2. The zero-order valence-corrected chi connectivity index (χ0v) is 96.6. The monoisotopic (exact) mass is 1800 g/mol. The SMILES string of the molecule is C=C[Si](C)(C)OC(C)C.C=C[Si](C)(C)OC(C)C.C=C[Si](C)(C)O[Si](C)(C)C=C.CC(C)O[SiH](C)O[Si](C)(C)O[SiH](C)O[Si](C)(C)OC(C)C.CC(C)O[Si](C)(C)CC[Si](C)(OC(C)C)O[Si](C)(C)O[Si](C)(CC[Si](C)(C)OC(C)C)O[Si](C)(C)OC(C)C.C[SiH](O[Si](C)(C)C)O[Si](C)(C)O[Si](C)(C)C. The predicted molar refractivity (Wildman–Crippen MR) is 502 cm³/mol. The number of hydrogen-bond acceptors (Lipinski definition) is 18. The van der Waals surface area contributed by atoms with E-state index in [1.165, 1.54) is 0 Å². The standard InChI is InChI=1S/C26H66O7Si6.C12H34O5Si4.C9H28O3Si4.C8H18OSi2.2C7H16OSi/c1-23(2)27-34(9,10)19-21-38(17,30-26(7)8)32-37(15,16)33-39(18,31-36(13,14)29-25(5)6)22-20-35(11,12)28-24(3)4;1-11(2)13-18(5)15-21(9,10)17-19(6)16-20(7,8)14-12(3)4;1-13(10-14(2,3)4)11-16(8,9)12-15(5,6)7;1-7-10(3,4)9-11(5,6)8-2;2*1-6-9(4,5)8-7(2)3/h23-26H,19-22H2,1-18H3;11-12,18-19H,1-10H3;13H,1-9H3;7-8H,1-2H2,3-6H3;2*6-7H,1H2,2-5H3. The van der Waals surface area contributed by atoms with Crippen molar-refractivity contribution >= 4 is 154 Å². The number of rotatable bonds is 46. The van der Waals surface area contributed by atoms with Crippen LogP contribution in [0.3, 0.4) is 0 Å². The van der Waals surface area contributed by atoms with Crippen LogP contribution in [0.2, 0.25) is 240 Å². The summed E-state index contributed by atoms with van der Waals surface area (Å²) >= 11 is 0. The minimum Gasteiger partial charge on any atom is -0.449 e. The van der Waals surface area contributed by atoms with E-state index in [9.17, 15) is 0 Å². The van der Waals surface area contributed by atoms with Crippen molar-refractivity contribution in [2.75, 3.05) is 0 Å². The van der Waals surface area contributed by atoms with Gasteiger partial charge in [-0.05, 0) is 351 Å². The van der Waals surface area contributed by atoms with E-state index in [2.05, 4.69) is 312 Å². The van der Waals surface area contributed by atoms with Gasteiger partial charge in [0.25, 0.3) is 9.28 Å². The minimum atomic E-state index is -2.69. The van der Waals surface area contributed by atoms with Gasteiger partial charge in [0, 0.05) is 48.8 Å². The highest BCUT2D eigenvalue weighted by molar-refractivity contribution is 6.91. The molecule has 0 aromatic heterocycles. The highest BCUT2D eigenvalue weighted by atomic mass is 28.5.